The number of hydrogen-bond donors (Lipinski definition) is 0. The largest absolute Gasteiger partial charge is 0.377 e. The van der Waals surface area contributed by atoms with Crippen molar-refractivity contribution >= 4 is 15.7 Å². The van der Waals surface area contributed by atoms with Gasteiger partial charge in [-0.15, -0.1) is 0 Å². The predicted octanol–water partition coefficient (Wildman–Crippen LogP) is 2.23. The number of nitrogens with zero attached hydrogens (tertiary/aromatic N) is 1. The minimum Gasteiger partial charge on any atom is -0.377 e. The number of halogens is 2. The molecule has 2 heterocycles. The maximum Gasteiger partial charge on any atom is 0.237 e. The van der Waals surface area contributed by atoms with E-state index in [2.05, 4.69) is 0 Å². The minimum atomic E-state index is -3.59. The second kappa shape index (κ2) is 5.53. The SMILES string of the molecule is O=S(=O)(CC1CCCO1)N1CCCc2cc(F)c(F)cc21. The highest BCUT2D eigenvalue weighted by Crippen LogP contribution is 2.32. The van der Waals surface area contributed by atoms with Gasteiger partial charge in [0, 0.05) is 19.2 Å². The lowest BCUT2D eigenvalue weighted by Crippen LogP contribution is -2.40. The summed E-state index contributed by atoms with van der Waals surface area (Å²) >= 11 is 0. The van der Waals surface area contributed by atoms with Crippen molar-refractivity contribution in [1.82, 2.24) is 0 Å². The highest BCUT2D eigenvalue weighted by Gasteiger charge is 2.32. The number of benzene rings is 1. The molecule has 4 nitrogen and oxygen atoms in total. The first-order valence-electron chi connectivity index (χ1n) is 7.07. The van der Waals surface area contributed by atoms with Crippen LogP contribution in [0.25, 0.3) is 0 Å². The first kappa shape index (κ1) is 14.7. The number of sulfonamides is 1. The fourth-order valence-electron chi connectivity index (χ4n) is 2.93. The second-order valence-corrected chi connectivity index (χ2v) is 7.42. The van der Waals surface area contributed by atoms with Crippen LogP contribution in [0.15, 0.2) is 12.1 Å². The molecule has 2 aliphatic rings. The van der Waals surface area contributed by atoms with E-state index in [0.29, 0.717) is 31.6 Å². The molecule has 1 unspecified atom stereocenters. The van der Waals surface area contributed by atoms with E-state index >= 15 is 0 Å². The Morgan fingerprint density at radius 3 is 2.71 bits per heavy atom. The lowest BCUT2D eigenvalue weighted by Gasteiger charge is -2.31. The Morgan fingerprint density at radius 1 is 1.24 bits per heavy atom. The van der Waals surface area contributed by atoms with E-state index in [9.17, 15) is 17.2 Å². The average Bonchev–Trinajstić information content (AvgIpc) is 2.91. The monoisotopic (exact) mass is 317 g/mol. The lowest BCUT2D eigenvalue weighted by atomic mass is 10.0. The summed E-state index contributed by atoms with van der Waals surface area (Å²) in [6, 6.07) is 2.08. The molecule has 21 heavy (non-hydrogen) atoms. The fraction of sp³-hybridized carbons (Fsp3) is 0.571. The third-order valence-corrected chi connectivity index (χ3v) is 5.80. The van der Waals surface area contributed by atoms with Crippen molar-refractivity contribution in [1.29, 1.82) is 0 Å². The third kappa shape index (κ3) is 2.89. The van der Waals surface area contributed by atoms with E-state index in [1.54, 1.807) is 0 Å². The molecule has 0 radical (unpaired) electrons. The normalized spacial score (nSPS) is 22.4. The summed E-state index contributed by atoms with van der Waals surface area (Å²) in [4.78, 5) is 0. The van der Waals surface area contributed by atoms with Crippen LogP contribution >= 0.6 is 0 Å². The van der Waals surface area contributed by atoms with Gasteiger partial charge in [0.2, 0.25) is 10.0 Å². The van der Waals surface area contributed by atoms with E-state index in [1.807, 2.05) is 0 Å². The predicted molar refractivity (Wildman–Crippen MR) is 74.8 cm³/mol. The maximum atomic E-state index is 13.5. The first-order valence-corrected chi connectivity index (χ1v) is 8.68. The zero-order valence-corrected chi connectivity index (χ0v) is 12.3. The second-order valence-electron chi connectivity index (χ2n) is 5.48. The topological polar surface area (TPSA) is 46.6 Å². The Morgan fingerprint density at radius 2 is 2.00 bits per heavy atom. The zero-order valence-electron chi connectivity index (χ0n) is 11.5. The van der Waals surface area contributed by atoms with E-state index in [1.165, 1.54) is 4.31 Å². The summed E-state index contributed by atoms with van der Waals surface area (Å²) in [6.07, 6.45) is 2.43. The molecule has 1 saturated heterocycles. The van der Waals surface area contributed by atoms with Gasteiger partial charge in [-0.3, -0.25) is 4.31 Å². The molecule has 1 aromatic carbocycles. The van der Waals surface area contributed by atoms with Crippen molar-refractivity contribution in [2.24, 2.45) is 0 Å². The quantitative estimate of drug-likeness (QED) is 0.859. The van der Waals surface area contributed by atoms with Crippen LogP contribution in [0.3, 0.4) is 0 Å². The molecule has 1 fully saturated rings. The van der Waals surface area contributed by atoms with Gasteiger partial charge in [0.05, 0.1) is 17.5 Å². The van der Waals surface area contributed by atoms with Crippen molar-refractivity contribution in [3.63, 3.8) is 0 Å². The Balaban J connectivity index is 1.91. The van der Waals surface area contributed by atoms with Crippen molar-refractivity contribution in [2.75, 3.05) is 23.2 Å². The number of hydrogen-bond acceptors (Lipinski definition) is 3. The molecule has 0 N–H and O–H groups in total. The van der Waals surface area contributed by atoms with Crippen LogP contribution < -0.4 is 4.31 Å². The van der Waals surface area contributed by atoms with Crippen molar-refractivity contribution in [3.05, 3.63) is 29.3 Å². The zero-order chi connectivity index (χ0) is 15.0. The smallest absolute Gasteiger partial charge is 0.237 e. The molecular weight excluding hydrogens is 300 g/mol. The molecule has 7 heteroatoms. The molecule has 0 aliphatic carbocycles. The standard InChI is InChI=1S/C14H17F2NO3S/c15-12-7-10-3-1-5-17(14(10)8-13(12)16)21(18,19)9-11-4-2-6-20-11/h7-8,11H,1-6,9H2. The van der Waals surface area contributed by atoms with E-state index in [0.717, 1.165) is 25.0 Å². The summed E-state index contributed by atoms with van der Waals surface area (Å²) in [5, 5.41) is 0. The minimum absolute atomic E-state index is 0.106. The van der Waals surface area contributed by atoms with Crippen LogP contribution in [0.5, 0.6) is 0 Å². The molecule has 0 spiro atoms. The summed E-state index contributed by atoms with van der Waals surface area (Å²) in [5.74, 6) is -2.06. The van der Waals surface area contributed by atoms with Crippen LogP contribution in [0.1, 0.15) is 24.8 Å². The van der Waals surface area contributed by atoms with Crippen molar-refractivity contribution in [2.45, 2.75) is 31.8 Å². The highest BCUT2D eigenvalue weighted by molar-refractivity contribution is 7.92. The average molecular weight is 317 g/mol. The molecule has 116 valence electrons. The summed E-state index contributed by atoms with van der Waals surface area (Å²) in [6.45, 7) is 0.879. The van der Waals surface area contributed by atoms with Crippen LogP contribution in [0, 0.1) is 11.6 Å². The van der Waals surface area contributed by atoms with E-state index in [4.69, 9.17) is 4.74 Å². The van der Waals surface area contributed by atoms with Gasteiger partial charge in [0.1, 0.15) is 0 Å². The Labute approximate surface area is 122 Å². The van der Waals surface area contributed by atoms with Crippen LogP contribution in [-0.4, -0.2) is 33.4 Å². The highest BCUT2D eigenvalue weighted by atomic mass is 32.2. The molecule has 1 aromatic rings. The van der Waals surface area contributed by atoms with Gasteiger partial charge in [-0.05, 0) is 37.3 Å². The molecule has 2 aliphatic heterocycles. The summed E-state index contributed by atoms with van der Waals surface area (Å²) in [5.41, 5.74) is 0.800. The lowest BCUT2D eigenvalue weighted by molar-refractivity contribution is 0.127. The van der Waals surface area contributed by atoms with Gasteiger partial charge in [-0.25, -0.2) is 17.2 Å². The number of ether oxygens (including phenoxy) is 1. The van der Waals surface area contributed by atoms with Crippen molar-refractivity contribution < 1.29 is 21.9 Å². The van der Waals surface area contributed by atoms with Gasteiger partial charge >= 0.3 is 0 Å². The number of anilines is 1. The molecule has 3 rings (SSSR count). The van der Waals surface area contributed by atoms with Gasteiger partial charge in [0.25, 0.3) is 0 Å². The maximum absolute atomic E-state index is 13.5. The number of fused-ring (bicyclic) bond motifs is 1. The summed E-state index contributed by atoms with van der Waals surface area (Å²) < 4.78 is 58.4. The molecule has 0 saturated carbocycles. The molecule has 0 amide bonds. The van der Waals surface area contributed by atoms with Crippen molar-refractivity contribution in [3.8, 4) is 0 Å². The van der Waals surface area contributed by atoms with E-state index in [-0.39, 0.29) is 17.5 Å². The van der Waals surface area contributed by atoms with E-state index < -0.39 is 21.7 Å². The fourth-order valence-corrected chi connectivity index (χ4v) is 4.72. The van der Waals surface area contributed by atoms with Gasteiger partial charge in [0.15, 0.2) is 11.6 Å². The van der Waals surface area contributed by atoms with Gasteiger partial charge in [-0.2, -0.15) is 0 Å². The van der Waals surface area contributed by atoms with Crippen LogP contribution in [0.4, 0.5) is 14.5 Å². The molecule has 0 aromatic heterocycles. The molecular formula is C14H17F2NO3S. The third-order valence-electron chi connectivity index (χ3n) is 3.95. The van der Waals surface area contributed by atoms with Gasteiger partial charge in [-0.1, -0.05) is 0 Å². The number of rotatable bonds is 3. The molecule has 1 atom stereocenters. The van der Waals surface area contributed by atoms with Gasteiger partial charge < -0.3 is 4.74 Å². The molecule has 0 bridgehead atoms. The first-order chi connectivity index (χ1) is 9.97. The Kier molecular flexibility index (Phi) is 3.88. The number of aryl methyl sites for hydroxylation is 1. The summed E-state index contributed by atoms with van der Waals surface area (Å²) in [7, 11) is -3.59. The Hall–Kier alpha value is -1.21. The van der Waals surface area contributed by atoms with Crippen LogP contribution in [-0.2, 0) is 21.2 Å². The Bertz CT molecular complexity index is 642. The van der Waals surface area contributed by atoms with Crippen LogP contribution in [0.2, 0.25) is 0 Å².